The zero-order valence-corrected chi connectivity index (χ0v) is 43.6. The molecule has 5 atom stereocenters. The summed E-state index contributed by atoms with van der Waals surface area (Å²) in [4.78, 5) is 74.5. The molecule has 6 rings (SSSR count). The fourth-order valence-electron chi connectivity index (χ4n) is 10.9. The van der Waals surface area contributed by atoms with Gasteiger partial charge in [-0.2, -0.15) is 4.58 Å². The van der Waals surface area contributed by atoms with Crippen LogP contribution in [0.2, 0.25) is 0 Å². The molecule has 3 aliphatic heterocycles. The van der Waals surface area contributed by atoms with Crippen molar-refractivity contribution >= 4 is 52.9 Å². The van der Waals surface area contributed by atoms with Gasteiger partial charge in [-0.1, -0.05) is 24.3 Å². The van der Waals surface area contributed by atoms with Crippen molar-refractivity contribution in [1.29, 1.82) is 0 Å². The summed E-state index contributed by atoms with van der Waals surface area (Å²) in [6.45, 7) is -5.55. The minimum Gasteiger partial charge on any atom is -0.490 e. The average molecular weight is 1130 g/mol. The van der Waals surface area contributed by atoms with E-state index in [-0.39, 0.29) is 57.6 Å². The fraction of sp³-hybridized carbons (Fsp3) is 0.500. The Morgan fingerprint density at radius 3 is 1.75 bits per heavy atom. The Morgan fingerprint density at radius 1 is 0.650 bits per heavy atom. The highest BCUT2D eigenvalue weighted by Crippen LogP contribution is 2.49. The van der Waals surface area contributed by atoms with E-state index in [9.17, 15) is 100 Å². The summed E-state index contributed by atoms with van der Waals surface area (Å²) in [5, 5.41) is 145. The van der Waals surface area contributed by atoms with Crippen LogP contribution in [0.25, 0.3) is 0 Å². The van der Waals surface area contributed by atoms with Gasteiger partial charge in [0, 0.05) is 55.1 Å². The van der Waals surface area contributed by atoms with Crippen LogP contribution in [0.3, 0.4) is 0 Å². The zero-order valence-electron chi connectivity index (χ0n) is 43.6. The molecule has 1 aliphatic carbocycles. The topological polar surface area (TPSA) is 417 Å². The first-order chi connectivity index (χ1) is 38.0. The second kappa shape index (κ2) is 27.5. The number of aliphatic hydroxyl groups excluding tert-OH is 8. The molecule has 5 unspecified atom stereocenters. The summed E-state index contributed by atoms with van der Waals surface area (Å²) < 4.78 is 13.7. The molecule has 80 heavy (non-hydrogen) atoms. The molecule has 436 valence electrons. The number of aliphatic carboxylic acids is 6. The Kier molecular flexibility index (Phi) is 21.4. The van der Waals surface area contributed by atoms with Gasteiger partial charge >= 0.3 is 35.8 Å². The van der Waals surface area contributed by atoms with Crippen molar-refractivity contribution in [2.45, 2.75) is 86.5 Å². The maximum atomic E-state index is 11.9. The van der Waals surface area contributed by atoms with Gasteiger partial charge in [0.2, 0.25) is 5.69 Å². The van der Waals surface area contributed by atoms with Crippen LogP contribution in [-0.2, 0) is 61.9 Å². The third kappa shape index (κ3) is 14.3. The highest BCUT2D eigenvalue weighted by Gasteiger charge is 2.52. The highest BCUT2D eigenvalue weighted by molar-refractivity contribution is 6.04. The van der Waals surface area contributed by atoms with Gasteiger partial charge in [0.05, 0.1) is 70.9 Å². The molecule has 1 saturated heterocycles. The molecule has 0 spiro atoms. The van der Waals surface area contributed by atoms with E-state index in [1.54, 1.807) is 70.2 Å². The number of carboxylic acid groups (broad SMARTS) is 6. The lowest BCUT2D eigenvalue weighted by atomic mass is 9.77. The van der Waals surface area contributed by atoms with Gasteiger partial charge in [-0.05, 0) is 77.8 Å². The number of rotatable bonds is 30. The van der Waals surface area contributed by atoms with E-state index in [2.05, 4.69) is 0 Å². The van der Waals surface area contributed by atoms with Gasteiger partial charge in [-0.3, -0.25) is 38.6 Å². The number of allylic oxidation sites excluding steroid dienone is 6. The molecule has 0 radical (unpaired) electrons. The predicted octanol–water partition coefficient (Wildman–Crippen LogP) is -1.65. The number of nitrogens with zero attached hydrogens (tertiary/aromatic N) is 4. The van der Waals surface area contributed by atoms with Crippen molar-refractivity contribution in [1.82, 2.24) is 9.80 Å². The minimum atomic E-state index is -1.93. The standard InChI is InChI=1S/C54H68N4O22/c59-27-53(28-60)35-18-31(20-42(63)64)6-10-37(35)57(16-2-14-55(22-44(67)68)23-45(69)70)40(53)12-8-33-4-1-5-34(51(33)79-26-39-48(75)49(76)50(77)52(78)80-39)9-13-41-54(29-61,30-62)36-19-32(21-43(65)66)7-11-38(36)58(41)17-3-15-56(24-46(71)72)25-47(73)74/h6-13,18-19,39,48-50,52,59-62,75-78H,1-5,14-17,20-30H2,(H5-,63,64,65,66,67,68,69,70,71,72,73,74)/p+1. The number of hydrogen-bond donors (Lipinski definition) is 14. The van der Waals surface area contributed by atoms with E-state index in [1.165, 1.54) is 9.80 Å². The van der Waals surface area contributed by atoms with Gasteiger partial charge in [0.1, 0.15) is 42.2 Å². The number of carbonyl (C=O) groups is 6. The summed E-state index contributed by atoms with van der Waals surface area (Å²) in [7, 11) is 0. The summed E-state index contributed by atoms with van der Waals surface area (Å²) in [5.41, 5.74) is 0.673. The first kappa shape index (κ1) is 62.3. The summed E-state index contributed by atoms with van der Waals surface area (Å²) in [6.07, 6.45) is -1.80. The molecule has 0 bridgehead atoms. The van der Waals surface area contributed by atoms with Gasteiger partial charge in [0.15, 0.2) is 18.5 Å². The molecule has 0 saturated carbocycles. The molecule has 26 nitrogen and oxygen atoms in total. The van der Waals surface area contributed by atoms with Crippen molar-refractivity contribution < 1.29 is 114 Å². The van der Waals surface area contributed by atoms with Crippen molar-refractivity contribution in [2.24, 2.45) is 0 Å². The number of benzene rings is 2. The van der Waals surface area contributed by atoms with Crippen molar-refractivity contribution in [3.05, 3.63) is 106 Å². The summed E-state index contributed by atoms with van der Waals surface area (Å²) in [5.74, 6) is -7.17. The summed E-state index contributed by atoms with van der Waals surface area (Å²) in [6, 6.07) is 9.49. The summed E-state index contributed by atoms with van der Waals surface area (Å²) >= 11 is 0. The van der Waals surface area contributed by atoms with E-state index < -0.39 is 149 Å². The van der Waals surface area contributed by atoms with Crippen LogP contribution < -0.4 is 4.90 Å². The number of aliphatic hydroxyl groups is 8. The molecule has 26 heteroatoms. The Bertz CT molecular complexity index is 2770. The SMILES string of the molecule is O=C(O)Cc1ccc2c(c1)C(CO)(CO)C(/C=C/C1=C(OCC3OC(O)C(O)C(O)C3O)C(=C/C=C3/N(CCCN(CC(=O)O)CC(=O)O)c4ccc(CC(=O)O)cc4C3(CO)CO)/CCC1)=[N+]2CCCN(CC(=O)O)CC(=O)O. The second-order valence-corrected chi connectivity index (χ2v) is 20.2. The molecule has 3 heterocycles. The zero-order chi connectivity index (χ0) is 58.6. The van der Waals surface area contributed by atoms with Crippen LogP contribution in [0, 0.1) is 0 Å². The van der Waals surface area contributed by atoms with Crippen LogP contribution in [0.4, 0.5) is 11.4 Å². The van der Waals surface area contributed by atoms with E-state index in [0.717, 1.165) is 0 Å². The number of carboxylic acids is 6. The second-order valence-electron chi connectivity index (χ2n) is 20.2. The third-order valence-corrected chi connectivity index (χ3v) is 14.7. The maximum Gasteiger partial charge on any atom is 0.317 e. The van der Waals surface area contributed by atoms with E-state index in [4.69, 9.17) is 9.47 Å². The van der Waals surface area contributed by atoms with Crippen LogP contribution in [0.15, 0.2) is 83.3 Å². The molecule has 4 aliphatic rings. The average Bonchev–Trinajstić information content (AvgIpc) is 4.00. The predicted molar refractivity (Wildman–Crippen MR) is 278 cm³/mol. The number of ether oxygens (including phenoxy) is 2. The van der Waals surface area contributed by atoms with Crippen molar-refractivity contribution in [2.75, 3.05) is 90.3 Å². The number of fused-ring (bicyclic) bond motifs is 2. The lowest BCUT2D eigenvalue weighted by molar-refractivity contribution is -0.438. The van der Waals surface area contributed by atoms with E-state index in [1.807, 2.05) is 0 Å². The quantitative estimate of drug-likeness (QED) is 0.0390. The molecule has 14 N–H and O–H groups in total. The van der Waals surface area contributed by atoms with Crippen molar-refractivity contribution in [3.63, 3.8) is 0 Å². The Balaban J connectivity index is 1.52. The van der Waals surface area contributed by atoms with Crippen LogP contribution in [-0.4, -0.2) is 243 Å². The lowest BCUT2D eigenvalue weighted by Crippen LogP contribution is -2.58. The molecule has 2 aromatic rings. The maximum absolute atomic E-state index is 11.9. The van der Waals surface area contributed by atoms with Gasteiger partial charge in [0.25, 0.3) is 0 Å². The highest BCUT2D eigenvalue weighted by atomic mass is 16.6. The van der Waals surface area contributed by atoms with Crippen LogP contribution in [0.5, 0.6) is 0 Å². The van der Waals surface area contributed by atoms with E-state index >= 15 is 0 Å². The van der Waals surface area contributed by atoms with Crippen LogP contribution >= 0.6 is 0 Å². The lowest BCUT2D eigenvalue weighted by Gasteiger charge is -2.38. The number of hydrogen-bond acceptors (Lipinski definition) is 19. The molecule has 0 amide bonds. The Hall–Kier alpha value is -6.95. The first-order valence-electron chi connectivity index (χ1n) is 25.7. The third-order valence-electron chi connectivity index (χ3n) is 14.7. The largest absolute Gasteiger partial charge is 0.490 e. The fourth-order valence-corrected chi connectivity index (χ4v) is 10.9. The molecular formula is C54H69N4O22+. The van der Waals surface area contributed by atoms with Gasteiger partial charge < -0.3 is 85.9 Å². The molecular weight excluding hydrogens is 1060 g/mol. The Labute approximate surface area is 458 Å². The van der Waals surface area contributed by atoms with Gasteiger partial charge in [-0.15, -0.1) is 0 Å². The molecule has 2 aromatic carbocycles. The van der Waals surface area contributed by atoms with E-state index in [0.29, 0.717) is 62.6 Å². The van der Waals surface area contributed by atoms with Gasteiger partial charge in [-0.25, -0.2) is 0 Å². The smallest absolute Gasteiger partial charge is 0.317 e. The van der Waals surface area contributed by atoms with Crippen LogP contribution in [0.1, 0.15) is 54.4 Å². The number of anilines is 1. The first-order valence-corrected chi connectivity index (χ1v) is 25.7. The minimum absolute atomic E-state index is 0.0141. The Morgan fingerprint density at radius 2 is 1.20 bits per heavy atom. The monoisotopic (exact) mass is 1130 g/mol. The normalized spacial score (nSPS) is 22.4. The molecule has 1 fully saturated rings. The molecule has 0 aromatic heterocycles. The van der Waals surface area contributed by atoms with Crippen molar-refractivity contribution in [3.8, 4) is 0 Å².